The van der Waals surface area contributed by atoms with Gasteiger partial charge in [-0.05, 0) is 58.3 Å². The van der Waals surface area contributed by atoms with Gasteiger partial charge in [-0.15, -0.1) is 0 Å². The molecule has 2 heteroatoms. The summed E-state index contributed by atoms with van der Waals surface area (Å²) in [4.78, 5) is 0. The fraction of sp³-hybridized carbons (Fsp3) is 0.875. The van der Waals surface area contributed by atoms with Crippen molar-refractivity contribution in [3.63, 3.8) is 0 Å². The predicted molar refractivity (Wildman–Crippen MR) is 72.4 cm³/mol. The maximum atomic E-state index is 10.5. The number of fused-ring (bicyclic) bond motifs is 1. The lowest BCUT2D eigenvalue weighted by Crippen LogP contribution is -2.38. The minimum Gasteiger partial charge on any atom is -0.387 e. The van der Waals surface area contributed by atoms with Crippen molar-refractivity contribution < 1.29 is 9.84 Å². The summed E-state index contributed by atoms with van der Waals surface area (Å²) in [6.45, 7) is 7.39. The summed E-state index contributed by atoms with van der Waals surface area (Å²) in [7, 11) is 0. The van der Waals surface area contributed by atoms with Gasteiger partial charge >= 0.3 is 0 Å². The average Bonchev–Trinajstić information content (AvgIpc) is 2.89. The van der Waals surface area contributed by atoms with E-state index in [1.165, 1.54) is 19.3 Å². The van der Waals surface area contributed by atoms with E-state index in [2.05, 4.69) is 13.8 Å². The number of rotatable bonds is 1. The molecule has 1 heterocycles. The lowest BCUT2D eigenvalue weighted by Gasteiger charge is -2.31. The quantitative estimate of drug-likeness (QED) is 0.722. The summed E-state index contributed by atoms with van der Waals surface area (Å²) >= 11 is 0. The fourth-order valence-corrected chi connectivity index (χ4v) is 4.49. The van der Waals surface area contributed by atoms with E-state index in [1.54, 1.807) is 11.1 Å². The third-order valence-corrected chi connectivity index (χ3v) is 5.93. The van der Waals surface area contributed by atoms with Crippen LogP contribution in [0.2, 0.25) is 0 Å². The summed E-state index contributed by atoms with van der Waals surface area (Å²) in [5.41, 5.74) is 3.03. The standard InChI is InChI=1S/C16H26O2/c1-4-11(2)12-5-8-16-9-14(18-10-16)15(3,17)7-6-13(12)16/h13-14,17H,4-10H2,1-3H3/b12-11+/t13-,14+,15+,16+/m0/s1. The molecule has 102 valence electrons. The van der Waals surface area contributed by atoms with Crippen LogP contribution < -0.4 is 0 Å². The monoisotopic (exact) mass is 250 g/mol. The zero-order valence-electron chi connectivity index (χ0n) is 12.0. The van der Waals surface area contributed by atoms with E-state index >= 15 is 0 Å². The molecule has 2 aliphatic carbocycles. The first kappa shape index (κ1) is 12.7. The second kappa shape index (κ2) is 4.08. The molecule has 2 saturated carbocycles. The molecule has 2 bridgehead atoms. The van der Waals surface area contributed by atoms with Gasteiger partial charge in [0.05, 0.1) is 18.3 Å². The molecule has 1 spiro atoms. The lowest BCUT2D eigenvalue weighted by molar-refractivity contribution is -0.0837. The SMILES string of the molecule is CC/C(C)=C1\CC[C@]23CO[C@H](C2)[C@](C)(O)CC[C@@H]13. The highest BCUT2D eigenvalue weighted by Gasteiger charge is 2.56. The minimum absolute atomic E-state index is 0.0729. The Morgan fingerprint density at radius 1 is 1.44 bits per heavy atom. The Bertz CT molecular complexity index is 383. The molecular weight excluding hydrogens is 224 g/mol. The minimum atomic E-state index is -0.612. The number of ether oxygens (including phenoxy) is 1. The van der Waals surface area contributed by atoms with Crippen molar-refractivity contribution >= 4 is 0 Å². The van der Waals surface area contributed by atoms with Crippen LogP contribution >= 0.6 is 0 Å². The van der Waals surface area contributed by atoms with Gasteiger partial charge in [-0.2, -0.15) is 0 Å². The van der Waals surface area contributed by atoms with E-state index in [-0.39, 0.29) is 6.10 Å². The van der Waals surface area contributed by atoms with Gasteiger partial charge in [0.2, 0.25) is 0 Å². The van der Waals surface area contributed by atoms with Crippen LogP contribution in [0, 0.1) is 11.3 Å². The van der Waals surface area contributed by atoms with Crippen LogP contribution in [0.3, 0.4) is 0 Å². The van der Waals surface area contributed by atoms with Crippen LogP contribution in [0.5, 0.6) is 0 Å². The predicted octanol–water partition coefficient (Wildman–Crippen LogP) is 3.44. The number of allylic oxidation sites excluding steroid dienone is 2. The number of hydrogen-bond donors (Lipinski definition) is 1. The van der Waals surface area contributed by atoms with Gasteiger partial charge in [0.1, 0.15) is 0 Å². The first-order valence-electron chi connectivity index (χ1n) is 7.51. The van der Waals surface area contributed by atoms with E-state index < -0.39 is 5.60 Å². The van der Waals surface area contributed by atoms with Crippen LogP contribution in [0.25, 0.3) is 0 Å². The molecule has 0 aromatic carbocycles. The molecule has 0 aromatic rings. The van der Waals surface area contributed by atoms with Gasteiger partial charge in [-0.1, -0.05) is 18.1 Å². The molecule has 3 aliphatic rings. The van der Waals surface area contributed by atoms with Crippen LogP contribution in [-0.2, 0) is 4.74 Å². The molecule has 1 N–H and O–H groups in total. The Balaban J connectivity index is 1.97. The highest BCUT2D eigenvalue weighted by atomic mass is 16.5. The van der Waals surface area contributed by atoms with E-state index in [4.69, 9.17) is 4.74 Å². The normalized spacial score (nSPS) is 50.0. The Morgan fingerprint density at radius 2 is 2.22 bits per heavy atom. The second-order valence-electron chi connectivity index (χ2n) is 6.97. The zero-order chi connectivity index (χ0) is 13.0. The van der Waals surface area contributed by atoms with Crippen molar-refractivity contribution in [2.24, 2.45) is 11.3 Å². The molecule has 1 saturated heterocycles. The van der Waals surface area contributed by atoms with Crippen molar-refractivity contribution in [2.45, 2.75) is 71.0 Å². The summed E-state index contributed by atoms with van der Waals surface area (Å²) in [5, 5.41) is 10.5. The Labute approximate surface area is 110 Å². The van der Waals surface area contributed by atoms with Crippen molar-refractivity contribution in [1.82, 2.24) is 0 Å². The topological polar surface area (TPSA) is 29.5 Å². The van der Waals surface area contributed by atoms with Crippen LogP contribution in [-0.4, -0.2) is 23.4 Å². The molecule has 0 radical (unpaired) electrons. The van der Waals surface area contributed by atoms with Gasteiger partial charge in [0, 0.05) is 5.41 Å². The lowest BCUT2D eigenvalue weighted by atomic mass is 9.74. The van der Waals surface area contributed by atoms with Crippen molar-refractivity contribution in [3.8, 4) is 0 Å². The Kier molecular flexibility index (Phi) is 2.87. The number of hydrogen-bond acceptors (Lipinski definition) is 2. The summed E-state index contributed by atoms with van der Waals surface area (Å²) in [5.74, 6) is 0.677. The first-order valence-corrected chi connectivity index (χ1v) is 7.51. The smallest absolute Gasteiger partial charge is 0.0880 e. The molecule has 4 atom stereocenters. The molecule has 0 unspecified atom stereocenters. The van der Waals surface area contributed by atoms with Gasteiger partial charge in [-0.25, -0.2) is 0 Å². The van der Waals surface area contributed by atoms with Gasteiger partial charge in [0.15, 0.2) is 0 Å². The maximum absolute atomic E-state index is 10.5. The van der Waals surface area contributed by atoms with E-state index in [9.17, 15) is 5.11 Å². The third-order valence-electron chi connectivity index (χ3n) is 5.93. The van der Waals surface area contributed by atoms with Crippen LogP contribution in [0.1, 0.15) is 59.3 Å². The first-order chi connectivity index (χ1) is 8.48. The van der Waals surface area contributed by atoms with Gasteiger partial charge in [0.25, 0.3) is 0 Å². The van der Waals surface area contributed by atoms with Gasteiger partial charge in [-0.3, -0.25) is 0 Å². The third kappa shape index (κ3) is 1.69. The largest absolute Gasteiger partial charge is 0.387 e. The average molecular weight is 250 g/mol. The molecule has 0 amide bonds. The number of aliphatic hydroxyl groups is 1. The second-order valence-corrected chi connectivity index (χ2v) is 6.97. The van der Waals surface area contributed by atoms with Crippen molar-refractivity contribution in [3.05, 3.63) is 11.1 Å². The van der Waals surface area contributed by atoms with Crippen LogP contribution in [0.4, 0.5) is 0 Å². The molecular formula is C16H26O2. The molecule has 2 nitrogen and oxygen atoms in total. The van der Waals surface area contributed by atoms with Gasteiger partial charge < -0.3 is 9.84 Å². The van der Waals surface area contributed by atoms with Crippen LogP contribution in [0.15, 0.2) is 11.1 Å². The summed E-state index contributed by atoms with van der Waals surface area (Å²) < 4.78 is 5.97. The summed E-state index contributed by atoms with van der Waals surface area (Å²) in [6.07, 6.45) is 6.90. The zero-order valence-corrected chi connectivity index (χ0v) is 12.0. The highest BCUT2D eigenvalue weighted by Crippen LogP contribution is 2.59. The maximum Gasteiger partial charge on any atom is 0.0880 e. The van der Waals surface area contributed by atoms with E-state index in [0.717, 1.165) is 25.9 Å². The Hall–Kier alpha value is -0.340. The molecule has 1 aliphatic heterocycles. The van der Waals surface area contributed by atoms with E-state index in [0.29, 0.717) is 11.3 Å². The molecule has 3 rings (SSSR count). The van der Waals surface area contributed by atoms with Crippen molar-refractivity contribution in [1.29, 1.82) is 0 Å². The Morgan fingerprint density at radius 3 is 2.94 bits per heavy atom. The van der Waals surface area contributed by atoms with Crippen molar-refractivity contribution in [2.75, 3.05) is 6.61 Å². The summed E-state index contributed by atoms with van der Waals surface area (Å²) in [6, 6.07) is 0. The molecule has 3 fully saturated rings. The molecule has 18 heavy (non-hydrogen) atoms. The fourth-order valence-electron chi connectivity index (χ4n) is 4.49. The molecule has 0 aromatic heterocycles. The highest BCUT2D eigenvalue weighted by molar-refractivity contribution is 5.26. The van der Waals surface area contributed by atoms with E-state index in [1.807, 2.05) is 6.92 Å².